The van der Waals surface area contributed by atoms with Crippen molar-refractivity contribution in [3.8, 4) is 0 Å². The highest BCUT2D eigenvalue weighted by Gasteiger charge is 2.41. The van der Waals surface area contributed by atoms with Gasteiger partial charge in [0, 0.05) is 32.8 Å². The van der Waals surface area contributed by atoms with Gasteiger partial charge in [0.2, 0.25) is 0 Å². The molecule has 0 bridgehead atoms. The fourth-order valence-corrected chi connectivity index (χ4v) is 4.71. The van der Waals surface area contributed by atoms with Gasteiger partial charge in [-0.05, 0) is 61.8 Å². The number of ether oxygens (including phenoxy) is 1. The second-order valence-corrected chi connectivity index (χ2v) is 8.66. The molecule has 5 nitrogen and oxygen atoms in total. The van der Waals surface area contributed by atoms with E-state index >= 15 is 0 Å². The third-order valence-corrected chi connectivity index (χ3v) is 6.45. The molecule has 174 valence electrons. The minimum Gasteiger partial charge on any atom is -0.382 e. The summed E-state index contributed by atoms with van der Waals surface area (Å²) in [6.07, 6.45) is 3.53. The highest BCUT2D eigenvalue weighted by molar-refractivity contribution is 6.35. The van der Waals surface area contributed by atoms with Gasteiger partial charge in [0.05, 0.1) is 5.57 Å². The van der Waals surface area contributed by atoms with Crippen LogP contribution in [0.3, 0.4) is 0 Å². The van der Waals surface area contributed by atoms with Crippen LogP contribution in [-0.2, 0) is 20.7 Å². The van der Waals surface area contributed by atoms with E-state index < -0.39 is 0 Å². The van der Waals surface area contributed by atoms with E-state index in [4.69, 9.17) is 4.74 Å². The fourth-order valence-electron chi connectivity index (χ4n) is 4.71. The van der Waals surface area contributed by atoms with Crippen molar-refractivity contribution in [2.75, 3.05) is 32.8 Å². The molecule has 2 aliphatic rings. The van der Waals surface area contributed by atoms with Crippen molar-refractivity contribution in [1.29, 1.82) is 0 Å². The molecule has 4 rings (SSSR count). The third kappa shape index (κ3) is 5.33. The van der Waals surface area contributed by atoms with E-state index in [1.165, 1.54) is 22.6 Å². The van der Waals surface area contributed by atoms with Crippen molar-refractivity contribution in [1.82, 2.24) is 9.80 Å². The first-order valence-corrected chi connectivity index (χ1v) is 11.8. The summed E-state index contributed by atoms with van der Waals surface area (Å²) in [5.74, 6) is -0.372. The molecule has 2 amide bonds. The Morgan fingerprint density at radius 1 is 0.970 bits per heavy atom. The standard InChI is InChI=1S/C27H31FN2O3/c1-2-33-18-6-15-30-26(31)24(22-9-11-23(28)12-10-22)25(27(30)32)29-16-13-21(14-17-29)19-20-7-4-3-5-8-20/h3-5,7-12,21H,2,6,13-19H2,1H3. The van der Waals surface area contributed by atoms with Crippen LogP contribution in [0.5, 0.6) is 0 Å². The second kappa shape index (κ2) is 10.8. The molecule has 0 atom stereocenters. The third-order valence-electron chi connectivity index (χ3n) is 6.45. The number of halogens is 1. The van der Waals surface area contributed by atoms with Gasteiger partial charge in [0.1, 0.15) is 11.5 Å². The number of hydrogen-bond acceptors (Lipinski definition) is 4. The molecule has 0 radical (unpaired) electrons. The van der Waals surface area contributed by atoms with Gasteiger partial charge < -0.3 is 9.64 Å². The minimum absolute atomic E-state index is 0.252. The number of likely N-dealkylation sites (tertiary alicyclic amines) is 1. The van der Waals surface area contributed by atoms with Gasteiger partial charge in [0.15, 0.2) is 0 Å². The molecular weight excluding hydrogens is 419 g/mol. The summed E-state index contributed by atoms with van der Waals surface area (Å²) in [5.41, 5.74) is 2.76. The summed E-state index contributed by atoms with van der Waals surface area (Å²) in [7, 11) is 0. The fraction of sp³-hybridized carbons (Fsp3) is 0.407. The lowest BCUT2D eigenvalue weighted by atomic mass is 9.89. The predicted molar refractivity (Wildman–Crippen MR) is 126 cm³/mol. The van der Waals surface area contributed by atoms with Crippen LogP contribution in [-0.4, -0.2) is 54.5 Å². The van der Waals surface area contributed by atoms with Crippen LogP contribution >= 0.6 is 0 Å². The Labute approximate surface area is 194 Å². The van der Waals surface area contributed by atoms with E-state index in [0.717, 1.165) is 32.4 Å². The maximum absolute atomic E-state index is 13.5. The molecule has 2 aliphatic heterocycles. The summed E-state index contributed by atoms with van der Waals surface area (Å²) < 4.78 is 18.9. The molecule has 0 spiro atoms. The molecule has 6 heteroatoms. The molecule has 1 saturated heterocycles. The van der Waals surface area contributed by atoms with Crippen molar-refractivity contribution in [3.63, 3.8) is 0 Å². The van der Waals surface area contributed by atoms with Gasteiger partial charge >= 0.3 is 0 Å². The van der Waals surface area contributed by atoms with Crippen LogP contribution in [0, 0.1) is 11.7 Å². The first-order valence-electron chi connectivity index (χ1n) is 11.8. The number of carbonyl (C=O) groups excluding carboxylic acids is 2. The van der Waals surface area contributed by atoms with Gasteiger partial charge in [-0.25, -0.2) is 4.39 Å². The molecular formula is C27H31FN2O3. The molecule has 0 N–H and O–H groups in total. The molecule has 0 saturated carbocycles. The SMILES string of the molecule is CCOCCCN1C(=O)C(c2ccc(F)cc2)=C(N2CCC(Cc3ccccc3)CC2)C1=O. The first-order chi connectivity index (χ1) is 16.1. The van der Waals surface area contributed by atoms with Gasteiger partial charge in [-0.3, -0.25) is 14.5 Å². The van der Waals surface area contributed by atoms with Crippen molar-refractivity contribution in [2.24, 2.45) is 5.92 Å². The van der Waals surface area contributed by atoms with Crippen molar-refractivity contribution in [3.05, 3.63) is 77.2 Å². The van der Waals surface area contributed by atoms with E-state index in [1.807, 2.05) is 13.0 Å². The Hall–Kier alpha value is -2.99. The maximum atomic E-state index is 13.5. The summed E-state index contributed by atoms with van der Waals surface area (Å²) in [6.45, 7) is 4.78. The average Bonchev–Trinajstić information content (AvgIpc) is 3.08. The Morgan fingerprint density at radius 3 is 2.33 bits per heavy atom. The number of imide groups is 1. The maximum Gasteiger partial charge on any atom is 0.277 e. The molecule has 0 aliphatic carbocycles. The zero-order valence-corrected chi connectivity index (χ0v) is 19.1. The number of piperidine rings is 1. The summed E-state index contributed by atoms with van der Waals surface area (Å²) in [6, 6.07) is 16.3. The molecule has 33 heavy (non-hydrogen) atoms. The first kappa shape index (κ1) is 23.2. The van der Waals surface area contributed by atoms with E-state index in [9.17, 15) is 14.0 Å². The zero-order chi connectivity index (χ0) is 23.2. The predicted octanol–water partition coefficient (Wildman–Crippen LogP) is 4.29. The van der Waals surface area contributed by atoms with Crippen molar-refractivity contribution < 1.29 is 18.7 Å². The van der Waals surface area contributed by atoms with Crippen LogP contribution in [0.25, 0.3) is 5.57 Å². The Kier molecular flexibility index (Phi) is 7.55. The smallest absolute Gasteiger partial charge is 0.277 e. The Bertz CT molecular complexity index is 996. The van der Waals surface area contributed by atoms with Crippen molar-refractivity contribution >= 4 is 17.4 Å². The molecule has 2 heterocycles. The van der Waals surface area contributed by atoms with Gasteiger partial charge in [0.25, 0.3) is 11.8 Å². The lowest BCUT2D eigenvalue weighted by molar-refractivity contribution is -0.137. The van der Waals surface area contributed by atoms with Crippen LogP contribution < -0.4 is 0 Å². The highest BCUT2D eigenvalue weighted by Crippen LogP contribution is 2.34. The number of nitrogens with zero attached hydrogens (tertiary/aromatic N) is 2. The quantitative estimate of drug-likeness (QED) is 0.423. The van der Waals surface area contributed by atoms with Crippen LogP contribution in [0.2, 0.25) is 0 Å². The monoisotopic (exact) mass is 450 g/mol. The van der Waals surface area contributed by atoms with E-state index in [1.54, 1.807) is 12.1 Å². The topological polar surface area (TPSA) is 49.9 Å². The van der Waals surface area contributed by atoms with E-state index in [-0.39, 0.29) is 17.6 Å². The number of amides is 2. The molecule has 2 aromatic carbocycles. The summed E-state index contributed by atoms with van der Waals surface area (Å²) >= 11 is 0. The van der Waals surface area contributed by atoms with Crippen LogP contribution in [0.1, 0.15) is 37.3 Å². The molecule has 0 unspecified atom stereocenters. The molecule has 1 fully saturated rings. The minimum atomic E-state index is -0.368. The number of benzene rings is 2. The summed E-state index contributed by atoms with van der Waals surface area (Å²) in [4.78, 5) is 30.1. The van der Waals surface area contributed by atoms with Crippen LogP contribution in [0.15, 0.2) is 60.3 Å². The highest BCUT2D eigenvalue weighted by atomic mass is 19.1. The van der Waals surface area contributed by atoms with Gasteiger partial charge in [-0.1, -0.05) is 42.5 Å². The molecule has 2 aromatic rings. The Balaban J connectivity index is 1.52. The van der Waals surface area contributed by atoms with Gasteiger partial charge in [-0.15, -0.1) is 0 Å². The largest absolute Gasteiger partial charge is 0.382 e. The number of hydrogen-bond donors (Lipinski definition) is 0. The number of rotatable bonds is 9. The lowest BCUT2D eigenvalue weighted by Crippen LogP contribution is -2.39. The zero-order valence-electron chi connectivity index (χ0n) is 19.1. The van der Waals surface area contributed by atoms with Crippen LogP contribution in [0.4, 0.5) is 4.39 Å². The van der Waals surface area contributed by atoms with E-state index in [0.29, 0.717) is 48.9 Å². The van der Waals surface area contributed by atoms with Gasteiger partial charge in [-0.2, -0.15) is 0 Å². The van der Waals surface area contributed by atoms with Crippen molar-refractivity contribution in [2.45, 2.75) is 32.6 Å². The van der Waals surface area contributed by atoms with E-state index in [2.05, 4.69) is 29.2 Å². The summed E-state index contributed by atoms with van der Waals surface area (Å²) in [5, 5.41) is 0. The second-order valence-electron chi connectivity index (χ2n) is 8.66. The number of carbonyl (C=O) groups is 2. The molecule has 0 aromatic heterocycles. The Morgan fingerprint density at radius 2 is 1.67 bits per heavy atom. The normalized spacial score (nSPS) is 17.4. The average molecular weight is 451 g/mol. The lowest BCUT2D eigenvalue weighted by Gasteiger charge is -2.34.